The summed E-state index contributed by atoms with van der Waals surface area (Å²) in [4.78, 5) is 2.64. The fourth-order valence-electron chi connectivity index (χ4n) is 1.62. The van der Waals surface area contributed by atoms with E-state index in [-0.39, 0.29) is 0 Å². The molecule has 1 rings (SSSR count). The van der Waals surface area contributed by atoms with E-state index in [1.54, 1.807) is 7.11 Å². The highest BCUT2D eigenvalue weighted by atomic mass is 32.1. The van der Waals surface area contributed by atoms with Gasteiger partial charge in [0.15, 0.2) is 0 Å². The summed E-state index contributed by atoms with van der Waals surface area (Å²) in [7, 11) is 3.79. The number of benzene rings is 1. The Kier molecular flexibility index (Phi) is 5.38. The normalized spacial score (nSPS) is 12.2. The molecule has 0 aliphatic rings. The van der Waals surface area contributed by atoms with Gasteiger partial charge in [-0.3, -0.25) is 0 Å². The van der Waals surface area contributed by atoms with Gasteiger partial charge in [-0.05, 0) is 25.5 Å². The van der Waals surface area contributed by atoms with Crippen molar-refractivity contribution in [3.05, 3.63) is 29.8 Å². The van der Waals surface area contributed by atoms with Crippen LogP contribution in [0.2, 0.25) is 0 Å². The minimum absolute atomic E-state index is 0.413. The molecule has 1 unspecified atom stereocenters. The highest BCUT2D eigenvalue weighted by molar-refractivity contribution is 7.80. The first kappa shape index (κ1) is 13.9. The number of nitrogens with zero attached hydrogens (tertiary/aromatic N) is 1. The van der Waals surface area contributed by atoms with Crippen molar-refractivity contribution in [2.75, 3.05) is 25.7 Å². The molecule has 17 heavy (non-hydrogen) atoms. The predicted octanol–water partition coefficient (Wildman–Crippen LogP) is 2.18. The summed E-state index contributed by atoms with van der Waals surface area (Å²) >= 11 is 4.98. The van der Waals surface area contributed by atoms with E-state index in [0.29, 0.717) is 11.0 Å². The fourth-order valence-corrected chi connectivity index (χ4v) is 1.74. The number of methoxy groups -OCH3 is 1. The van der Waals surface area contributed by atoms with E-state index in [0.717, 1.165) is 24.3 Å². The molecule has 0 amide bonds. The van der Waals surface area contributed by atoms with Gasteiger partial charge in [0.05, 0.1) is 0 Å². The van der Waals surface area contributed by atoms with Crippen LogP contribution in [-0.2, 0) is 4.74 Å². The lowest BCUT2D eigenvalue weighted by Crippen LogP contribution is -2.30. The molecule has 0 bridgehead atoms. The average molecular weight is 252 g/mol. The van der Waals surface area contributed by atoms with Gasteiger partial charge in [0, 0.05) is 38.1 Å². The molecule has 0 aliphatic heterocycles. The molecule has 1 atom stereocenters. The average Bonchev–Trinajstić information content (AvgIpc) is 2.35. The Hall–Kier alpha value is -1.13. The first-order chi connectivity index (χ1) is 8.06. The van der Waals surface area contributed by atoms with Crippen LogP contribution < -0.4 is 10.6 Å². The first-order valence-electron chi connectivity index (χ1n) is 5.68. The summed E-state index contributed by atoms with van der Waals surface area (Å²) < 4.78 is 5.09. The Balaban J connectivity index is 2.77. The number of thiocarbonyl (C=S) groups is 1. The Labute approximate surface area is 109 Å². The molecule has 1 aromatic carbocycles. The molecule has 0 fully saturated rings. The fraction of sp³-hybridized carbons (Fsp3) is 0.462. The van der Waals surface area contributed by atoms with E-state index in [9.17, 15) is 0 Å². The second kappa shape index (κ2) is 6.57. The predicted molar refractivity (Wildman–Crippen MR) is 76.7 cm³/mol. The Bertz CT molecular complexity index is 381. The van der Waals surface area contributed by atoms with E-state index in [4.69, 9.17) is 22.7 Å². The molecule has 1 aromatic rings. The number of hydrogen-bond acceptors (Lipinski definition) is 3. The largest absolute Gasteiger partial charge is 0.389 e. The van der Waals surface area contributed by atoms with Crippen molar-refractivity contribution in [2.45, 2.75) is 19.4 Å². The van der Waals surface area contributed by atoms with Gasteiger partial charge < -0.3 is 15.4 Å². The third-order valence-corrected chi connectivity index (χ3v) is 3.17. The minimum Gasteiger partial charge on any atom is -0.389 e. The molecule has 0 saturated carbocycles. The summed E-state index contributed by atoms with van der Waals surface area (Å²) in [5, 5.41) is 0. The lowest BCUT2D eigenvalue weighted by molar-refractivity contribution is 0.189. The van der Waals surface area contributed by atoms with Gasteiger partial charge in [-0.15, -0.1) is 0 Å². The maximum atomic E-state index is 5.63. The van der Waals surface area contributed by atoms with Gasteiger partial charge in [-0.25, -0.2) is 0 Å². The quantitative estimate of drug-likeness (QED) is 0.788. The lowest BCUT2D eigenvalue weighted by Gasteiger charge is -2.27. The number of nitrogens with two attached hydrogens (primary N) is 1. The number of hydrogen-bond donors (Lipinski definition) is 1. The van der Waals surface area contributed by atoms with E-state index < -0.39 is 0 Å². The van der Waals surface area contributed by atoms with Crippen molar-refractivity contribution < 1.29 is 4.74 Å². The van der Waals surface area contributed by atoms with Crippen LogP contribution in [0.5, 0.6) is 0 Å². The van der Waals surface area contributed by atoms with Gasteiger partial charge in [0.1, 0.15) is 4.99 Å². The molecule has 0 spiro atoms. The Morgan fingerprint density at radius 3 is 2.82 bits per heavy atom. The summed E-state index contributed by atoms with van der Waals surface area (Å²) in [6, 6.07) is 8.40. The minimum atomic E-state index is 0.413. The Morgan fingerprint density at radius 1 is 1.53 bits per heavy atom. The number of ether oxygens (including phenoxy) is 1. The summed E-state index contributed by atoms with van der Waals surface area (Å²) in [6.07, 6.45) is 0.990. The molecule has 0 aromatic heterocycles. The van der Waals surface area contributed by atoms with Gasteiger partial charge >= 0.3 is 0 Å². The van der Waals surface area contributed by atoms with E-state index >= 15 is 0 Å². The second-order valence-electron chi connectivity index (χ2n) is 4.16. The summed E-state index contributed by atoms with van der Waals surface area (Å²) in [5.74, 6) is 0. The van der Waals surface area contributed by atoms with Crippen molar-refractivity contribution in [3.63, 3.8) is 0 Å². The summed E-state index contributed by atoms with van der Waals surface area (Å²) in [5.41, 5.74) is 7.66. The van der Waals surface area contributed by atoms with Crippen molar-refractivity contribution >= 4 is 22.9 Å². The zero-order chi connectivity index (χ0) is 12.8. The van der Waals surface area contributed by atoms with E-state index in [1.807, 2.05) is 18.2 Å². The van der Waals surface area contributed by atoms with E-state index in [2.05, 4.69) is 24.9 Å². The van der Waals surface area contributed by atoms with Crippen LogP contribution in [0.4, 0.5) is 5.69 Å². The third-order valence-electron chi connectivity index (χ3n) is 2.94. The van der Waals surface area contributed by atoms with Gasteiger partial charge in [0.25, 0.3) is 0 Å². The van der Waals surface area contributed by atoms with Crippen LogP contribution in [0, 0.1) is 0 Å². The van der Waals surface area contributed by atoms with Crippen molar-refractivity contribution in [3.8, 4) is 0 Å². The smallest absolute Gasteiger partial charge is 0.104 e. The van der Waals surface area contributed by atoms with Gasteiger partial charge in [-0.2, -0.15) is 0 Å². The first-order valence-corrected chi connectivity index (χ1v) is 6.08. The second-order valence-corrected chi connectivity index (χ2v) is 4.60. The van der Waals surface area contributed by atoms with Crippen molar-refractivity contribution in [1.82, 2.24) is 0 Å². The molecule has 0 radical (unpaired) electrons. The van der Waals surface area contributed by atoms with Crippen LogP contribution in [0.3, 0.4) is 0 Å². The molecule has 4 heteroatoms. The maximum absolute atomic E-state index is 5.63. The van der Waals surface area contributed by atoms with Crippen LogP contribution in [0.25, 0.3) is 0 Å². The van der Waals surface area contributed by atoms with Crippen LogP contribution in [-0.4, -0.2) is 31.8 Å². The van der Waals surface area contributed by atoms with Crippen molar-refractivity contribution in [2.24, 2.45) is 5.73 Å². The monoisotopic (exact) mass is 252 g/mol. The molecular formula is C13H20N2OS. The zero-order valence-corrected chi connectivity index (χ0v) is 11.5. The molecule has 3 nitrogen and oxygen atoms in total. The van der Waals surface area contributed by atoms with Gasteiger partial charge in [-0.1, -0.05) is 24.4 Å². The Morgan fingerprint density at radius 2 is 2.24 bits per heavy atom. The van der Waals surface area contributed by atoms with Crippen LogP contribution in [0.1, 0.15) is 18.9 Å². The SMILES string of the molecule is COCCC(C)N(C)c1cccc(C(N)=S)c1. The third kappa shape index (κ3) is 3.98. The maximum Gasteiger partial charge on any atom is 0.104 e. The van der Waals surface area contributed by atoms with Crippen molar-refractivity contribution in [1.29, 1.82) is 0 Å². The zero-order valence-electron chi connectivity index (χ0n) is 10.6. The molecule has 2 N–H and O–H groups in total. The topological polar surface area (TPSA) is 38.5 Å². The van der Waals surface area contributed by atoms with E-state index in [1.165, 1.54) is 0 Å². The van der Waals surface area contributed by atoms with Crippen LogP contribution >= 0.6 is 12.2 Å². The number of rotatable bonds is 6. The van der Waals surface area contributed by atoms with Crippen LogP contribution in [0.15, 0.2) is 24.3 Å². The molecule has 0 saturated heterocycles. The molecular weight excluding hydrogens is 232 g/mol. The molecule has 94 valence electrons. The highest BCUT2D eigenvalue weighted by Gasteiger charge is 2.10. The molecule has 0 aliphatic carbocycles. The lowest BCUT2D eigenvalue weighted by atomic mass is 10.1. The summed E-state index contributed by atoms with van der Waals surface area (Å²) in [6.45, 7) is 2.94. The molecule has 0 heterocycles. The highest BCUT2D eigenvalue weighted by Crippen LogP contribution is 2.18. The number of anilines is 1. The van der Waals surface area contributed by atoms with Gasteiger partial charge in [0.2, 0.25) is 0 Å². The standard InChI is InChI=1S/C13H20N2OS/c1-10(7-8-16-3)15(2)12-6-4-5-11(9-12)13(14)17/h4-6,9-10H,7-8H2,1-3H3,(H2,14,17).